The predicted molar refractivity (Wildman–Crippen MR) is 118 cm³/mol. The summed E-state index contributed by atoms with van der Waals surface area (Å²) in [7, 11) is 1.29. The Morgan fingerprint density at radius 1 is 1.20 bits per heavy atom. The van der Waals surface area contributed by atoms with Crippen molar-refractivity contribution in [3.63, 3.8) is 0 Å². The number of rotatable bonds is 7. The second-order valence-electron chi connectivity index (χ2n) is 6.39. The number of anilines is 1. The van der Waals surface area contributed by atoms with E-state index in [4.69, 9.17) is 16.3 Å². The van der Waals surface area contributed by atoms with Crippen molar-refractivity contribution < 1.29 is 14.3 Å². The number of hydrogen-bond acceptors (Lipinski definition) is 6. The summed E-state index contributed by atoms with van der Waals surface area (Å²) in [6, 6.07) is 12.5. The summed E-state index contributed by atoms with van der Waals surface area (Å²) in [5.74, 6) is 0.112. The second kappa shape index (κ2) is 9.77. The molecule has 0 bridgehead atoms. The molecule has 3 rings (SSSR count). The van der Waals surface area contributed by atoms with Gasteiger partial charge in [0.15, 0.2) is 11.0 Å². The highest BCUT2D eigenvalue weighted by Gasteiger charge is 2.17. The minimum Gasteiger partial charge on any atom is -0.465 e. The minimum absolute atomic E-state index is 0.116. The topological polar surface area (TPSA) is 86.1 Å². The third-order valence-corrected chi connectivity index (χ3v) is 5.71. The molecule has 1 aromatic heterocycles. The van der Waals surface area contributed by atoms with E-state index in [-0.39, 0.29) is 11.7 Å². The lowest BCUT2D eigenvalue weighted by atomic mass is 10.1. The highest BCUT2D eigenvalue weighted by Crippen LogP contribution is 2.27. The van der Waals surface area contributed by atoms with Crippen LogP contribution >= 0.6 is 23.4 Å². The summed E-state index contributed by atoms with van der Waals surface area (Å²) < 4.78 is 6.67. The Labute approximate surface area is 183 Å². The van der Waals surface area contributed by atoms with Gasteiger partial charge in [-0.15, -0.1) is 10.2 Å². The molecule has 0 aliphatic heterocycles. The Morgan fingerprint density at radius 2 is 1.97 bits per heavy atom. The van der Waals surface area contributed by atoms with Gasteiger partial charge in [-0.2, -0.15) is 0 Å². The number of nitrogens with one attached hydrogen (secondary N) is 1. The van der Waals surface area contributed by atoms with E-state index in [1.165, 1.54) is 31.0 Å². The summed E-state index contributed by atoms with van der Waals surface area (Å²) in [5, 5.41) is 12.3. The Hall–Kier alpha value is -2.84. The number of esters is 1. The van der Waals surface area contributed by atoms with E-state index in [0.717, 1.165) is 17.0 Å². The zero-order chi connectivity index (χ0) is 21.7. The lowest BCUT2D eigenvalue weighted by molar-refractivity contribution is -0.113. The van der Waals surface area contributed by atoms with Gasteiger partial charge in [0.1, 0.15) is 0 Å². The van der Waals surface area contributed by atoms with Crippen LogP contribution in [-0.2, 0) is 16.1 Å². The van der Waals surface area contributed by atoms with Gasteiger partial charge >= 0.3 is 5.97 Å². The van der Waals surface area contributed by atoms with E-state index in [9.17, 15) is 9.59 Å². The third-order valence-electron chi connectivity index (χ3n) is 4.41. The Balaban J connectivity index is 1.72. The molecular formula is C21H21ClN4O3S. The van der Waals surface area contributed by atoms with Crippen LogP contribution in [0.2, 0.25) is 5.02 Å². The maximum Gasteiger partial charge on any atom is 0.337 e. The first-order valence-electron chi connectivity index (χ1n) is 9.24. The van der Waals surface area contributed by atoms with Crippen molar-refractivity contribution in [1.82, 2.24) is 14.8 Å². The van der Waals surface area contributed by atoms with E-state index in [1.807, 2.05) is 42.7 Å². The Bertz CT molecular complexity index is 1080. The molecule has 3 aromatic rings. The molecule has 0 spiro atoms. The van der Waals surface area contributed by atoms with E-state index in [2.05, 4.69) is 15.5 Å². The maximum absolute atomic E-state index is 12.5. The number of carbonyl (C=O) groups excluding carboxylic acids is 2. The molecule has 0 saturated carbocycles. The monoisotopic (exact) mass is 444 g/mol. The zero-order valence-electron chi connectivity index (χ0n) is 16.8. The molecule has 9 heteroatoms. The van der Waals surface area contributed by atoms with Crippen LogP contribution in [0.1, 0.15) is 22.8 Å². The SMILES string of the molecule is CCn1c(SCC(=O)Nc2cc(C(=O)OC)ccc2Cl)nnc1-c1ccccc1C. The number of aryl methyl sites for hydroxylation is 1. The Kier molecular flexibility index (Phi) is 7.12. The summed E-state index contributed by atoms with van der Waals surface area (Å²) in [5.41, 5.74) is 2.77. The molecule has 0 aliphatic carbocycles. The number of nitrogens with zero attached hydrogens (tertiary/aromatic N) is 3. The second-order valence-corrected chi connectivity index (χ2v) is 7.74. The van der Waals surface area contributed by atoms with Crippen molar-refractivity contribution in [3.8, 4) is 11.4 Å². The summed E-state index contributed by atoms with van der Waals surface area (Å²) in [6.45, 7) is 4.71. The largest absolute Gasteiger partial charge is 0.465 e. The lowest BCUT2D eigenvalue weighted by Gasteiger charge is -2.10. The Morgan fingerprint density at radius 3 is 2.67 bits per heavy atom. The smallest absolute Gasteiger partial charge is 0.337 e. The number of hydrogen-bond donors (Lipinski definition) is 1. The fraction of sp³-hybridized carbons (Fsp3) is 0.238. The average molecular weight is 445 g/mol. The molecule has 0 atom stereocenters. The first kappa shape index (κ1) is 21.9. The molecule has 2 aromatic carbocycles. The van der Waals surface area contributed by atoms with Gasteiger partial charge in [0, 0.05) is 12.1 Å². The van der Waals surface area contributed by atoms with Crippen molar-refractivity contribution >= 4 is 40.9 Å². The first-order chi connectivity index (χ1) is 14.4. The quantitative estimate of drug-likeness (QED) is 0.428. The number of carbonyl (C=O) groups is 2. The van der Waals surface area contributed by atoms with Crippen LogP contribution in [0.15, 0.2) is 47.6 Å². The van der Waals surface area contributed by atoms with Crippen LogP contribution in [0.25, 0.3) is 11.4 Å². The molecule has 0 unspecified atom stereocenters. The fourth-order valence-corrected chi connectivity index (χ4v) is 3.85. The number of aromatic nitrogens is 3. The number of halogens is 1. The average Bonchev–Trinajstić information content (AvgIpc) is 3.16. The number of methoxy groups -OCH3 is 1. The van der Waals surface area contributed by atoms with Crippen LogP contribution in [0.4, 0.5) is 5.69 Å². The van der Waals surface area contributed by atoms with Gasteiger partial charge in [-0.3, -0.25) is 4.79 Å². The highest BCUT2D eigenvalue weighted by atomic mass is 35.5. The summed E-state index contributed by atoms with van der Waals surface area (Å²) in [4.78, 5) is 24.1. The fourth-order valence-electron chi connectivity index (χ4n) is 2.89. The van der Waals surface area contributed by atoms with Crippen molar-refractivity contribution in [2.24, 2.45) is 0 Å². The molecule has 7 nitrogen and oxygen atoms in total. The van der Waals surface area contributed by atoms with Crippen LogP contribution in [0, 0.1) is 6.92 Å². The number of benzene rings is 2. The van der Waals surface area contributed by atoms with E-state index < -0.39 is 5.97 Å². The van der Waals surface area contributed by atoms with E-state index in [0.29, 0.717) is 28.0 Å². The number of thioether (sulfide) groups is 1. The van der Waals surface area contributed by atoms with Crippen molar-refractivity contribution in [2.75, 3.05) is 18.2 Å². The third kappa shape index (κ3) is 4.83. The van der Waals surface area contributed by atoms with Crippen LogP contribution in [0.3, 0.4) is 0 Å². The number of ether oxygens (including phenoxy) is 1. The molecule has 0 radical (unpaired) electrons. The van der Waals surface area contributed by atoms with Gasteiger partial charge in [0.2, 0.25) is 5.91 Å². The molecule has 0 saturated heterocycles. The number of amides is 1. The van der Waals surface area contributed by atoms with Crippen molar-refractivity contribution in [1.29, 1.82) is 0 Å². The standard InChI is InChI=1S/C21H21ClN4O3S/c1-4-26-19(15-8-6-5-7-13(15)2)24-25-21(26)30-12-18(27)23-17-11-14(20(28)29-3)9-10-16(17)22/h5-11H,4,12H2,1-3H3,(H,23,27). The molecule has 156 valence electrons. The van der Waals surface area contributed by atoms with Crippen LogP contribution in [0.5, 0.6) is 0 Å². The van der Waals surface area contributed by atoms with E-state index >= 15 is 0 Å². The summed E-state index contributed by atoms with van der Waals surface area (Å²) in [6.07, 6.45) is 0. The van der Waals surface area contributed by atoms with Gasteiger partial charge in [-0.25, -0.2) is 4.79 Å². The van der Waals surface area contributed by atoms with Crippen molar-refractivity contribution in [3.05, 3.63) is 58.6 Å². The first-order valence-corrected chi connectivity index (χ1v) is 10.6. The highest BCUT2D eigenvalue weighted by molar-refractivity contribution is 7.99. The van der Waals surface area contributed by atoms with E-state index in [1.54, 1.807) is 6.07 Å². The molecule has 1 N–H and O–H groups in total. The van der Waals surface area contributed by atoms with Gasteiger partial charge in [-0.1, -0.05) is 47.6 Å². The molecule has 30 heavy (non-hydrogen) atoms. The van der Waals surface area contributed by atoms with Gasteiger partial charge in [0.05, 0.1) is 29.1 Å². The predicted octanol–water partition coefficient (Wildman–Crippen LogP) is 4.44. The van der Waals surface area contributed by atoms with Gasteiger partial charge < -0.3 is 14.6 Å². The summed E-state index contributed by atoms with van der Waals surface area (Å²) >= 11 is 7.42. The van der Waals surface area contributed by atoms with Gasteiger partial charge in [0.25, 0.3) is 0 Å². The van der Waals surface area contributed by atoms with Crippen LogP contribution < -0.4 is 5.32 Å². The van der Waals surface area contributed by atoms with Crippen LogP contribution in [-0.4, -0.2) is 39.5 Å². The molecular weight excluding hydrogens is 424 g/mol. The maximum atomic E-state index is 12.5. The lowest BCUT2D eigenvalue weighted by Crippen LogP contribution is -2.15. The zero-order valence-corrected chi connectivity index (χ0v) is 18.4. The molecule has 0 fully saturated rings. The molecule has 1 amide bonds. The normalized spacial score (nSPS) is 10.7. The minimum atomic E-state index is -0.503. The van der Waals surface area contributed by atoms with Gasteiger partial charge in [-0.05, 0) is 37.6 Å². The molecule has 0 aliphatic rings. The van der Waals surface area contributed by atoms with Crippen molar-refractivity contribution in [2.45, 2.75) is 25.5 Å². The molecule has 1 heterocycles.